The second-order valence-corrected chi connectivity index (χ2v) is 4.07. The molecular formula is C10H12F3NOS. The summed E-state index contributed by atoms with van der Waals surface area (Å²) in [5, 5.41) is 0. The van der Waals surface area contributed by atoms with E-state index in [0.29, 0.717) is 6.54 Å². The van der Waals surface area contributed by atoms with Gasteiger partial charge in [-0.2, -0.15) is 13.2 Å². The SMILES string of the molecule is NCc1cccc(SCOCC(F)(F)F)c1. The first-order chi connectivity index (χ1) is 7.51. The zero-order valence-electron chi connectivity index (χ0n) is 8.46. The maximum Gasteiger partial charge on any atom is 0.411 e. The lowest BCUT2D eigenvalue weighted by molar-refractivity contribution is -0.168. The van der Waals surface area contributed by atoms with Crippen LogP contribution >= 0.6 is 11.8 Å². The molecule has 1 aromatic carbocycles. The third kappa shape index (κ3) is 5.39. The second-order valence-electron chi connectivity index (χ2n) is 3.08. The van der Waals surface area contributed by atoms with Gasteiger partial charge in [0.2, 0.25) is 0 Å². The molecule has 1 rings (SSSR count). The van der Waals surface area contributed by atoms with Crippen LogP contribution in [0, 0.1) is 0 Å². The number of ether oxygens (including phenoxy) is 1. The van der Waals surface area contributed by atoms with E-state index < -0.39 is 12.8 Å². The molecule has 0 bridgehead atoms. The van der Waals surface area contributed by atoms with E-state index in [0.717, 1.165) is 10.5 Å². The summed E-state index contributed by atoms with van der Waals surface area (Å²) >= 11 is 1.21. The van der Waals surface area contributed by atoms with Crippen molar-refractivity contribution in [3.05, 3.63) is 29.8 Å². The van der Waals surface area contributed by atoms with Gasteiger partial charge in [-0.15, -0.1) is 0 Å². The van der Waals surface area contributed by atoms with Crippen LogP contribution in [-0.4, -0.2) is 18.7 Å². The number of hydrogen-bond donors (Lipinski definition) is 1. The number of rotatable bonds is 5. The number of benzene rings is 1. The van der Waals surface area contributed by atoms with Crippen LogP contribution in [0.2, 0.25) is 0 Å². The Bertz CT molecular complexity index is 330. The van der Waals surface area contributed by atoms with Crippen LogP contribution in [-0.2, 0) is 11.3 Å². The molecule has 0 aliphatic carbocycles. The van der Waals surface area contributed by atoms with Gasteiger partial charge in [-0.3, -0.25) is 0 Å². The minimum atomic E-state index is -4.26. The van der Waals surface area contributed by atoms with Crippen molar-refractivity contribution in [1.29, 1.82) is 0 Å². The van der Waals surface area contributed by atoms with Crippen molar-refractivity contribution in [2.45, 2.75) is 17.6 Å². The summed E-state index contributed by atoms with van der Waals surface area (Å²) in [6.45, 7) is -0.797. The minimum absolute atomic E-state index is 0.0203. The van der Waals surface area contributed by atoms with Gasteiger partial charge in [-0.25, -0.2) is 0 Å². The fourth-order valence-corrected chi connectivity index (χ4v) is 1.74. The van der Waals surface area contributed by atoms with E-state index in [1.807, 2.05) is 18.2 Å². The summed E-state index contributed by atoms with van der Waals surface area (Å²) in [7, 11) is 0. The predicted molar refractivity (Wildman–Crippen MR) is 57.1 cm³/mol. The lowest BCUT2D eigenvalue weighted by Crippen LogP contribution is -2.16. The van der Waals surface area contributed by atoms with Gasteiger partial charge < -0.3 is 10.5 Å². The fourth-order valence-electron chi connectivity index (χ4n) is 1.03. The van der Waals surface area contributed by atoms with Crippen LogP contribution in [0.3, 0.4) is 0 Å². The summed E-state index contributed by atoms with van der Waals surface area (Å²) in [4.78, 5) is 0.852. The van der Waals surface area contributed by atoms with Gasteiger partial charge in [-0.05, 0) is 17.7 Å². The molecule has 0 amide bonds. The van der Waals surface area contributed by atoms with E-state index in [4.69, 9.17) is 5.73 Å². The summed E-state index contributed by atoms with van der Waals surface area (Å²) in [6, 6.07) is 7.32. The van der Waals surface area contributed by atoms with E-state index in [-0.39, 0.29) is 5.94 Å². The van der Waals surface area contributed by atoms with Crippen molar-refractivity contribution in [1.82, 2.24) is 0 Å². The maximum absolute atomic E-state index is 11.7. The first kappa shape index (κ1) is 13.3. The van der Waals surface area contributed by atoms with Crippen molar-refractivity contribution < 1.29 is 17.9 Å². The van der Waals surface area contributed by atoms with Gasteiger partial charge in [0.05, 0.1) is 5.94 Å². The average molecular weight is 251 g/mol. The summed E-state index contributed by atoms with van der Waals surface area (Å²) in [6.07, 6.45) is -4.26. The third-order valence-electron chi connectivity index (χ3n) is 1.71. The number of thioether (sulfide) groups is 1. The first-order valence-corrected chi connectivity index (χ1v) is 5.56. The monoisotopic (exact) mass is 251 g/mol. The Morgan fingerprint density at radius 3 is 2.69 bits per heavy atom. The lowest BCUT2D eigenvalue weighted by Gasteiger charge is -2.07. The first-order valence-electron chi connectivity index (χ1n) is 4.57. The highest BCUT2D eigenvalue weighted by Crippen LogP contribution is 2.21. The maximum atomic E-state index is 11.7. The largest absolute Gasteiger partial charge is 0.411 e. The molecule has 0 radical (unpaired) electrons. The van der Waals surface area contributed by atoms with Crippen molar-refractivity contribution in [2.24, 2.45) is 5.73 Å². The average Bonchev–Trinajstić information content (AvgIpc) is 2.23. The van der Waals surface area contributed by atoms with Gasteiger partial charge in [0.15, 0.2) is 0 Å². The molecule has 0 saturated heterocycles. The lowest BCUT2D eigenvalue weighted by atomic mass is 10.2. The Kier molecular flexibility index (Phi) is 5.11. The van der Waals surface area contributed by atoms with E-state index >= 15 is 0 Å². The molecule has 0 spiro atoms. The minimum Gasteiger partial charge on any atom is -0.361 e. The molecule has 16 heavy (non-hydrogen) atoms. The number of hydrogen-bond acceptors (Lipinski definition) is 3. The quantitative estimate of drug-likeness (QED) is 0.496. The standard InChI is InChI=1S/C10H12F3NOS/c11-10(12,13)6-15-7-16-9-3-1-2-8(4-9)5-14/h1-4H,5-7,14H2. The molecule has 1 aromatic rings. The molecule has 0 aromatic heterocycles. The number of alkyl halides is 3. The highest BCUT2D eigenvalue weighted by Gasteiger charge is 2.27. The van der Waals surface area contributed by atoms with Gasteiger partial charge in [-0.1, -0.05) is 23.9 Å². The Morgan fingerprint density at radius 2 is 2.06 bits per heavy atom. The number of halogens is 3. The molecule has 90 valence electrons. The Morgan fingerprint density at radius 1 is 1.31 bits per heavy atom. The number of nitrogens with two attached hydrogens (primary N) is 1. The molecule has 0 atom stereocenters. The Hall–Kier alpha value is -0.720. The van der Waals surface area contributed by atoms with Crippen LogP contribution in [0.15, 0.2) is 29.2 Å². The fraction of sp³-hybridized carbons (Fsp3) is 0.400. The van der Waals surface area contributed by atoms with E-state index in [2.05, 4.69) is 4.74 Å². The Balaban J connectivity index is 2.32. The van der Waals surface area contributed by atoms with Crippen LogP contribution in [0.4, 0.5) is 13.2 Å². The molecular weight excluding hydrogens is 239 g/mol. The smallest absolute Gasteiger partial charge is 0.361 e. The van der Waals surface area contributed by atoms with Gasteiger partial charge >= 0.3 is 6.18 Å². The summed E-state index contributed by atoms with van der Waals surface area (Å²) in [5.74, 6) is -0.0203. The Labute approximate surface area is 96.0 Å². The zero-order chi connectivity index (χ0) is 12.0. The van der Waals surface area contributed by atoms with E-state index in [9.17, 15) is 13.2 Å². The van der Waals surface area contributed by atoms with Gasteiger partial charge in [0.1, 0.15) is 6.61 Å². The second kappa shape index (κ2) is 6.12. The summed E-state index contributed by atoms with van der Waals surface area (Å²) in [5.41, 5.74) is 6.39. The van der Waals surface area contributed by atoms with Gasteiger partial charge in [0.25, 0.3) is 0 Å². The summed E-state index contributed by atoms with van der Waals surface area (Å²) < 4.78 is 39.7. The van der Waals surface area contributed by atoms with Crippen LogP contribution in [0.1, 0.15) is 5.56 Å². The zero-order valence-corrected chi connectivity index (χ0v) is 9.27. The molecule has 2 N–H and O–H groups in total. The molecule has 0 aliphatic rings. The van der Waals surface area contributed by atoms with Crippen LogP contribution < -0.4 is 5.73 Å². The molecule has 6 heteroatoms. The molecule has 0 heterocycles. The molecule has 0 unspecified atom stereocenters. The highest BCUT2D eigenvalue weighted by molar-refractivity contribution is 7.99. The topological polar surface area (TPSA) is 35.2 Å². The normalized spacial score (nSPS) is 11.8. The van der Waals surface area contributed by atoms with Crippen LogP contribution in [0.25, 0.3) is 0 Å². The van der Waals surface area contributed by atoms with E-state index in [1.54, 1.807) is 6.07 Å². The predicted octanol–water partition coefficient (Wildman–Crippen LogP) is 2.77. The molecule has 0 saturated carbocycles. The van der Waals surface area contributed by atoms with Crippen LogP contribution in [0.5, 0.6) is 0 Å². The third-order valence-corrected chi connectivity index (χ3v) is 2.58. The highest BCUT2D eigenvalue weighted by atomic mass is 32.2. The molecule has 0 aliphatic heterocycles. The van der Waals surface area contributed by atoms with Crippen molar-refractivity contribution in [2.75, 3.05) is 12.5 Å². The van der Waals surface area contributed by atoms with E-state index in [1.165, 1.54) is 11.8 Å². The van der Waals surface area contributed by atoms with Crippen molar-refractivity contribution >= 4 is 11.8 Å². The van der Waals surface area contributed by atoms with Crippen molar-refractivity contribution in [3.8, 4) is 0 Å². The molecule has 2 nitrogen and oxygen atoms in total. The van der Waals surface area contributed by atoms with Crippen molar-refractivity contribution in [3.63, 3.8) is 0 Å². The van der Waals surface area contributed by atoms with Gasteiger partial charge in [0, 0.05) is 11.4 Å². The molecule has 0 fully saturated rings.